The molecule has 2 aromatic carbocycles. The normalized spacial score (nSPS) is 17.9. The van der Waals surface area contributed by atoms with E-state index in [1.165, 1.54) is 12.1 Å². The first kappa shape index (κ1) is 17.9. The molecule has 0 N–H and O–H groups in total. The molecule has 0 spiro atoms. The van der Waals surface area contributed by atoms with Crippen LogP contribution in [-0.4, -0.2) is 27.7 Å². The Balaban J connectivity index is 1.40. The molecule has 29 heavy (non-hydrogen) atoms. The second-order valence-electron chi connectivity index (χ2n) is 6.84. The van der Waals surface area contributed by atoms with Crippen molar-refractivity contribution in [1.29, 1.82) is 0 Å². The largest absolute Gasteiger partial charge is 0.454 e. The van der Waals surface area contributed by atoms with Crippen LogP contribution in [0.4, 0.5) is 4.39 Å². The van der Waals surface area contributed by atoms with Crippen molar-refractivity contribution in [1.82, 2.24) is 15.0 Å². The molecule has 1 fully saturated rings. The van der Waals surface area contributed by atoms with E-state index in [1.54, 1.807) is 23.1 Å². The highest BCUT2D eigenvalue weighted by atomic mass is 35.5. The molecule has 0 saturated carbocycles. The van der Waals surface area contributed by atoms with E-state index in [2.05, 4.69) is 10.1 Å². The van der Waals surface area contributed by atoms with Gasteiger partial charge in [0.2, 0.25) is 24.4 Å². The third kappa shape index (κ3) is 3.29. The molecule has 1 amide bonds. The number of aromatic nitrogens is 2. The molecule has 5 rings (SSSR count). The molecule has 9 heteroatoms. The quantitative estimate of drug-likeness (QED) is 0.637. The van der Waals surface area contributed by atoms with E-state index in [1.807, 2.05) is 6.07 Å². The number of likely N-dealkylation sites (tertiary alicyclic amines) is 1. The van der Waals surface area contributed by atoms with E-state index in [-0.39, 0.29) is 30.3 Å². The highest BCUT2D eigenvalue weighted by Gasteiger charge is 2.36. The van der Waals surface area contributed by atoms with Crippen molar-refractivity contribution in [3.63, 3.8) is 0 Å². The molecule has 3 aromatic rings. The van der Waals surface area contributed by atoms with E-state index < -0.39 is 5.82 Å². The van der Waals surface area contributed by atoms with Crippen LogP contribution in [0.1, 0.15) is 30.3 Å². The van der Waals surface area contributed by atoms with Crippen molar-refractivity contribution in [2.75, 3.05) is 6.79 Å². The van der Waals surface area contributed by atoms with Crippen LogP contribution in [0, 0.1) is 5.82 Å². The lowest BCUT2D eigenvalue weighted by Crippen LogP contribution is -2.27. The highest BCUT2D eigenvalue weighted by molar-refractivity contribution is 6.31. The van der Waals surface area contributed by atoms with Gasteiger partial charge in [0.25, 0.3) is 0 Å². The summed E-state index contributed by atoms with van der Waals surface area (Å²) in [7, 11) is 0. The Morgan fingerprint density at radius 1 is 1.17 bits per heavy atom. The summed E-state index contributed by atoms with van der Waals surface area (Å²) >= 11 is 6.13. The summed E-state index contributed by atoms with van der Waals surface area (Å²) in [5, 5.41) is 4.33. The van der Waals surface area contributed by atoms with Crippen molar-refractivity contribution < 1.29 is 23.2 Å². The Labute approximate surface area is 170 Å². The molecule has 0 aliphatic carbocycles. The van der Waals surface area contributed by atoms with Gasteiger partial charge in [-0.15, -0.1) is 0 Å². The number of fused-ring (bicyclic) bond motifs is 1. The number of ether oxygens (including phenoxy) is 2. The van der Waals surface area contributed by atoms with Gasteiger partial charge in [0.1, 0.15) is 11.9 Å². The third-order valence-electron chi connectivity index (χ3n) is 5.04. The van der Waals surface area contributed by atoms with Crippen LogP contribution < -0.4 is 9.47 Å². The fourth-order valence-electron chi connectivity index (χ4n) is 3.55. The summed E-state index contributed by atoms with van der Waals surface area (Å²) in [6.45, 7) is 0.422. The van der Waals surface area contributed by atoms with E-state index in [9.17, 15) is 9.18 Å². The molecule has 148 valence electrons. The van der Waals surface area contributed by atoms with Crippen LogP contribution in [0.3, 0.4) is 0 Å². The smallest absolute Gasteiger partial charge is 0.249 e. The lowest BCUT2D eigenvalue weighted by molar-refractivity contribution is -0.129. The van der Waals surface area contributed by atoms with Gasteiger partial charge >= 0.3 is 0 Å². The topological polar surface area (TPSA) is 77.7 Å². The number of rotatable bonds is 4. The fourth-order valence-corrected chi connectivity index (χ4v) is 3.77. The first-order valence-corrected chi connectivity index (χ1v) is 9.43. The van der Waals surface area contributed by atoms with Crippen molar-refractivity contribution in [2.45, 2.75) is 25.4 Å². The summed E-state index contributed by atoms with van der Waals surface area (Å²) in [6.07, 6.45) is 0.922. The SMILES string of the molecule is O=C1CCC(c2nc(-c3ccc4c(c3)OCO4)no2)N1Cc1ccc(F)cc1Cl. The Morgan fingerprint density at radius 3 is 2.90 bits per heavy atom. The Bertz CT molecular complexity index is 1100. The predicted molar refractivity (Wildman–Crippen MR) is 99.8 cm³/mol. The van der Waals surface area contributed by atoms with Crippen LogP contribution in [0.5, 0.6) is 11.5 Å². The summed E-state index contributed by atoms with van der Waals surface area (Å²) in [4.78, 5) is 18.6. The van der Waals surface area contributed by atoms with Gasteiger partial charge in [0, 0.05) is 23.6 Å². The zero-order chi connectivity index (χ0) is 20.0. The van der Waals surface area contributed by atoms with Crippen LogP contribution >= 0.6 is 11.6 Å². The average Bonchev–Trinajstić information content (AvgIpc) is 3.43. The second-order valence-corrected chi connectivity index (χ2v) is 7.24. The molecule has 2 aliphatic heterocycles. The number of hydrogen-bond acceptors (Lipinski definition) is 6. The maximum Gasteiger partial charge on any atom is 0.249 e. The van der Waals surface area contributed by atoms with Crippen LogP contribution in [0.25, 0.3) is 11.4 Å². The van der Waals surface area contributed by atoms with Gasteiger partial charge in [-0.05, 0) is 42.3 Å². The van der Waals surface area contributed by atoms with E-state index in [0.29, 0.717) is 41.6 Å². The molecule has 1 saturated heterocycles. The molecule has 3 heterocycles. The minimum absolute atomic E-state index is 0.0433. The summed E-state index contributed by atoms with van der Waals surface area (Å²) in [5.74, 6) is 1.57. The standard InChI is InChI=1S/C20H15ClFN3O4/c21-14-8-13(22)3-1-12(14)9-25-15(4-6-18(25)26)20-23-19(24-29-20)11-2-5-16-17(7-11)28-10-27-16/h1-3,5,7-8,15H,4,6,9-10H2. The Hall–Kier alpha value is -3.13. The molecule has 1 aromatic heterocycles. The summed E-state index contributed by atoms with van der Waals surface area (Å²) < 4.78 is 29.5. The van der Waals surface area contributed by atoms with Gasteiger partial charge in [0.15, 0.2) is 11.5 Å². The van der Waals surface area contributed by atoms with Crippen molar-refractivity contribution in [3.05, 3.63) is 58.7 Å². The fraction of sp³-hybridized carbons (Fsp3) is 0.250. The molecule has 0 radical (unpaired) electrons. The summed E-state index contributed by atoms with van der Waals surface area (Å²) in [6, 6.07) is 9.16. The van der Waals surface area contributed by atoms with Gasteiger partial charge in [-0.1, -0.05) is 22.8 Å². The molecule has 1 unspecified atom stereocenters. The van der Waals surface area contributed by atoms with E-state index in [0.717, 1.165) is 5.56 Å². The number of amides is 1. The molecule has 2 aliphatic rings. The highest BCUT2D eigenvalue weighted by Crippen LogP contribution is 2.37. The third-order valence-corrected chi connectivity index (χ3v) is 5.39. The van der Waals surface area contributed by atoms with Crippen LogP contribution in [0.15, 0.2) is 40.9 Å². The predicted octanol–water partition coefficient (Wildman–Crippen LogP) is 4.12. The van der Waals surface area contributed by atoms with E-state index >= 15 is 0 Å². The number of carbonyl (C=O) groups is 1. The van der Waals surface area contributed by atoms with Crippen molar-refractivity contribution >= 4 is 17.5 Å². The molecule has 0 bridgehead atoms. The second kappa shape index (κ2) is 7.04. The maximum atomic E-state index is 13.3. The van der Waals surface area contributed by atoms with Crippen molar-refractivity contribution in [2.24, 2.45) is 0 Å². The molecular weight excluding hydrogens is 401 g/mol. The number of benzene rings is 2. The van der Waals surface area contributed by atoms with Gasteiger partial charge in [0.05, 0.1) is 0 Å². The van der Waals surface area contributed by atoms with Crippen molar-refractivity contribution in [3.8, 4) is 22.9 Å². The first-order valence-electron chi connectivity index (χ1n) is 9.05. The average molecular weight is 416 g/mol. The first-order chi connectivity index (χ1) is 14.1. The van der Waals surface area contributed by atoms with Gasteiger partial charge in [-0.25, -0.2) is 4.39 Å². The monoisotopic (exact) mass is 415 g/mol. The Morgan fingerprint density at radius 2 is 2.03 bits per heavy atom. The molecule has 7 nitrogen and oxygen atoms in total. The number of nitrogens with zero attached hydrogens (tertiary/aromatic N) is 3. The Kier molecular flexibility index (Phi) is 4.35. The van der Waals surface area contributed by atoms with Gasteiger partial charge in [-0.3, -0.25) is 4.79 Å². The zero-order valence-electron chi connectivity index (χ0n) is 15.1. The van der Waals surface area contributed by atoms with Crippen LogP contribution in [-0.2, 0) is 11.3 Å². The minimum Gasteiger partial charge on any atom is -0.454 e. The summed E-state index contributed by atoms with van der Waals surface area (Å²) in [5.41, 5.74) is 1.38. The van der Waals surface area contributed by atoms with Gasteiger partial charge in [-0.2, -0.15) is 4.98 Å². The molecular formula is C20H15ClFN3O4. The number of hydrogen-bond donors (Lipinski definition) is 0. The number of halogens is 2. The van der Waals surface area contributed by atoms with E-state index in [4.69, 9.17) is 25.6 Å². The lowest BCUT2D eigenvalue weighted by Gasteiger charge is -2.22. The minimum atomic E-state index is -0.423. The number of carbonyl (C=O) groups excluding carboxylic acids is 1. The molecule has 1 atom stereocenters. The lowest BCUT2D eigenvalue weighted by atomic mass is 10.1. The zero-order valence-corrected chi connectivity index (χ0v) is 15.9. The van der Waals surface area contributed by atoms with Gasteiger partial charge < -0.3 is 18.9 Å². The maximum absolute atomic E-state index is 13.3. The van der Waals surface area contributed by atoms with Crippen LogP contribution in [0.2, 0.25) is 5.02 Å².